The molecule has 5 heteroatoms. The van der Waals surface area contributed by atoms with Crippen molar-refractivity contribution in [2.45, 2.75) is 39.2 Å². The highest BCUT2D eigenvalue weighted by Crippen LogP contribution is 2.28. The molecular formula is C22H26N4O. The zero-order valence-corrected chi connectivity index (χ0v) is 16.0. The normalized spacial score (nSPS) is 14.3. The molecule has 0 saturated carbocycles. The highest BCUT2D eigenvalue weighted by molar-refractivity contribution is 5.84. The van der Waals surface area contributed by atoms with Crippen LogP contribution in [0.1, 0.15) is 50.3 Å². The molecule has 1 amide bonds. The number of hydrogen-bond acceptors (Lipinski definition) is 3. The molecule has 140 valence electrons. The number of rotatable bonds is 7. The summed E-state index contributed by atoms with van der Waals surface area (Å²) < 4.78 is 1.71. The van der Waals surface area contributed by atoms with Gasteiger partial charge in [0.2, 0.25) is 5.91 Å². The molecule has 1 heterocycles. The second-order valence-corrected chi connectivity index (χ2v) is 6.94. The molecule has 1 aromatic heterocycles. The SMILES string of the molecule is CCC(C)C(C(=O)NC(C)c1ccc(-n2cncn2)cc1)c1ccccc1. The van der Waals surface area contributed by atoms with E-state index < -0.39 is 0 Å². The van der Waals surface area contributed by atoms with Gasteiger partial charge in [0, 0.05) is 0 Å². The Balaban J connectivity index is 1.73. The predicted molar refractivity (Wildman–Crippen MR) is 107 cm³/mol. The van der Waals surface area contributed by atoms with E-state index in [0.717, 1.165) is 23.2 Å². The van der Waals surface area contributed by atoms with Gasteiger partial charge in [-0.3, -0.25) is 4.79 Å². The summed E-state index contributed by atoms with van der Waals surface area (Å²) in [6, 6.07) is 18.0. The van der Waals surface area contributed by atoms with Crippen LogP contribution in [0.25, 0.3) is 5.69 Å². The Bertz CT molecular complexity index is 844. The van der Waals surface area contributed by atoms with Crippen LogP contribution in [0.5, 0.6) is 0 Å². The van der Waals surface area contributed by atoms with Gasteiger partial charge in [0.05, 0.1) is 17.6 Å². The Morgan fingerprint density at radius 1 is 1.04 bits per heavy atom. The summed E-state index contributed by atoms with van der Waals surface area (Å²) >= 11 is 0. The van der Waals surface area contributed by atoms with Gasteiger partial charge in [-0.05, 0) is 36.1 Å². The number of benzene rings is 2. The van der Waals surface area contributed by atoms with Crippen molar-refractivity contribution in [1.82, 2.24) is 20.1 Å². The lowest BCUT2D eigenvalue weighted by Crippen LogP contribution is -2.34. The first-order chi connectivity index (χ1) is 13.1. The van der Waals surface area contributed by atoms with Crippen molar-refractivity contribution in [3.63, 3.8) is 0 Å². The third-order valence-corrected chi connectivity index (χ3v) is 5.09. The third kappa shape index (κ3) is 4.42. The van der Waals surface area contributed by atoms with E-state index in [4.69, 9.17) is 0 Å². The van der Waals surface area contributed by atoms with Crippen molar-refractivity contribution in [3.8, 4) is 5.69 Å². The van der Waals surface area contributed by atoms with E-state index in [1.54, 1.807) is 11.0 Å². The first-order valence-electron chi connectivity index (χ1n) is 9.40. The quantitative estimate of drug-likeness (QED) is 0.683. The molecular weight excluding hydrogens is 336 g/mol. The summed E-state index contributed by atoms with van der Waals surface area (Å²) in [5.74, 6) is 0.200. The van der Waals surface area contributed by atoms with Crippen LogP contribution in [0.2, 0.25) is 0 Å². The van der Waals surface area contributed by atoms with E-state index in [2.05, 4.69) is 29.2 Å². The van der Waals surface area contributed by atoms with Crippen LogP contribution in [0, 0.1) is 5.92 Å². The Labute approximate surface area is 160 Å². The second kappa shape index (κ2) is 8.62. The van der Waals surface area contributed by atoms with Gasteiger partial charge in [-0.1, -0.05) is 62.7 Å². The maximum Gasteiger partial charge on any atom is 0.228 e. The summed E-state index contributed by atoms with van der Waals surface area (Å²) in [4.78, 5) is 17.0. The van der Waals surface area contributed by atoms with Gasteiger partial charge in [-0.25, -0.2) is 9.67 Å². The molecule has 3 aromatic rings. The van der Waals surface area contributed by atoms with Gasteiger partial charge in [-0.15, -0.1) is 0 Å². The molecule has 1 N–H and O–H groups in total. The lowest BCUT2D eigenvalue weighted by atomic mass is 9.84. The minimum Gasteiger partial charge on any atom is -0.349 e. The molecule has 0 spiro atoms. The van der Waals surface area contributed by atoms with Crippen LogP contribution in [0.4, 0.5) is 0 Å². The van der Waals surface area contributed by atoms with Crippen LogP contribution in [-0.4, -0.2) is 20.7 Å². The van der Waals surface area contributed by atoms with Crippen LogP contribution in [0.3, 0.4) is 0 Å². The molecule has 0 aliphatic heterocycles. The monoisotopic (exact) mass is 362 g/mol. The molecule has 0 aliphatic carbocycles. The molecule has 2 aromatic carbocycles. The van der Waals surface area contributed by atoms with Crippen molar-refractivity contribution in [1.29, 1.82) is 0 Å². The number of aromatic nitrogens is 3. The number of amides is 1. The fourth-order valence-corrected chi connectivity index (χ4v) is 3.28. The first kappa shape index (κ1) is 18.8. The Hall–Kier alpha value is -2.95. The standard InChI is InChI=1S/C22H26N4O/c1-4-16(2)21(19-8-6-5-7-9-19)22(27)25-17(3)18-10-12-20(13-11-18)26-15-23-14-24-26/h5-17,21H,4H2,1-3H3,(H,25,27). The van der Waals surface area contributed by atoms with Crippen molar-refractivity contribution < 1.29 is 4.79 Å². The van der Waals surface area contributed by atoms with Gasteiger partial charge in [-0.2, -0.15) is 5.10 Å². The van der Waals surface area contributed by atoms with Crippen molar-refractivity contribution in [2.75, 3.05) is 0 Å². The van der Waals surface area contributed by atoms with Gasteiger partial charge in [0.1, 0.15) is 12.7 Å². The maximum atomic E-state index is 13.0. The molecule has 0 bridgehead atoms. The van der Waals surface area contributed by atoms with Gasteiger partial charge in [0.15, 0.2) is 0 Å². The smallest absolute Gasteiger partial charge is 0.228 e. The average Bonchev–Trinajstić information content (AvgIpc) is 3.23. The highest BCUT2D eigenvalue weighted by atomic mass is 16.2. The van der Waals surface area contributed by atoms with Crippen molar-refractivity contribution in [3.05, 3.63) is 78.4 Å². The minimum atomic E-state index is -0.145. The lowest BCUT2D eigenvalue weighted by molar-refractivity contribution is -0.124. The lowest BCUT2D eigenvalue weighted by Gasteiger charge is -2.25. The number of carbonyl (C=O) groups excluding carboxylic acids is 1. The third-order valence-electron chi connectivity index (χ3n) is 5.09. The molecule has 0 saturated heterocycles. The molecule has 3 rings (SSSR count). The summed E-state index contributed by atoms with van der Waals surface area (Å²) in [6.45, 7) is 6.27. The summed E-state index contributed by atoms with van der Waals surface area (Å²) in [7, 11) is 0. The fraction of sp³-hybridized carbons (Fsp3) is 0.318. The van der Waals surface area contributed by atoms with Crippen molar-refractivity contribution in [2.24, 2.45) is 5.92 Å². The maximum absolute atomic E-state index is 13.0. The molecule has 5 nitrogen and oxygen atoms in total. The van der Waals surface area contributed by atoms with Gasteiger partial charge < -0.3 is 5.32 Å². The largest absolute Gasteiger partial charge is 0.349 e. The van der Waals surface area contributed by atoms with Crippen LogP contribution in [0.15, 0.2) is 67.3 Å². The highest BCUT2D eigenvalue weighted by Gasteiger charge is 2.26. The van der Waals surface area contributed by atoms with E-state index in [1.807, 2.05) is 61.5 Å². The first-order valence-corrected chi connectivity index (χ1v) is 9.40. The second-order valence-electron chi connectivity index (χ2n) is 6.94. The molecule has 3 atom stereocenters. The molecule has 3 unspecified atom stereocenters. The summed E-state index contributed by atoms with van der Waals surface area (Å²) in [5.41, 5.74) is 3.07. The Morgan fingerprint density at radius 3 is 2.33 bits per heavy atom. The molecule has 0 aliphatic rings. The summed E-state index contributed by atoms with van der Waals surface area (Å²) in [6.07, 6.45) is 4.13. The van der Waals surface area contributed by atoms with E-state index in [9.17, 15) is 4.79 Å². The zero-order chi connectivity index (χ0) is 19.2. The number of hydrogen-bond donors (Lipinski definition) is 1. The van der Waals surface area contributed by atoms with Gasteiger partial charge >= 0.3 is 0 Å². The van der Waals surface area contributed by atoms with Gasteiger partial charge in [0.25, 0.3) is 0 Å². The molecule has 0 radical (unpaired) electrons. The van der Waals surface area contributed by atoms with E-state index in [0.29, 0.717) is 0 Å². The zero-order valence-electron chi connectivity index (χ0n) is 16.0. The number of carbonyl (C=O) groups is 1. The molecule has 0 fully saturated rings. The van der Waals surface area contributed by atoms with Crippen molar-refractivity contribution >= 4 is 5.91 Å². The predicted octanol–water partition coefficient (Wildman–Crippen LogP) is 4.27. The topological polar surface area (TPSA) is 59.8 Å². The van der Waals surface area contributed by atoms with Crippen LogP contribution in [-0.2, 0) is 4.79 Å². The Kier molecular flexibility index (Phi) is 6.01. The Morgan fingerprint density at radius 2 is 1.74 bits per heavy atom. The van der Waals surface area contributed by atoms with E-state index in [1.165, 1.54) is 6.33 Å². The number of nitrogens with one attached hydrogen (secondary N) is 1. The number of nitrogens with zero attached hydrogens (tertiary/aromatic N) is 3. The average molecular weight is 362 g/mol. The molecule has 27 heavy (non-hydrogen) atoms. The minimum absolute atomic E-state index is 0.0717. The van der Waals surface area contributed by atoms with E-state index in [-0.39, 0.29) is 23.8 Å². The fourth-order valence-electron chi connectivity index (χ4n) is 3.28. The van der Waals surface area contributed by atoms with E-state index >= 15 is 0 Å². The van der Waals surface area contributed by atoms with Crippen LogP contribution < -0.4 is 5.32 Å². The summed E-state index contributed by atoms with van der Waals surface area (Å²) in [5, 5.41) is 7.32. The van der Waals surface area contributed by atoms with Crippen LogP contribution >= 0.6 is 0 Å².